The summed E-state index contributed by atoms with van der Waals surface area (Å²) < 4.78 is 0. The van der Waals surface area contributed by atoms with Gasteiger partial charge in [-0.05, 0) is 26.3 Å². The van der Waals surface area contributed by atoms with E-state index in [1.807, 2.05) is 0 Å². The van der Waals surface area contributed by atoms with Crippen LogP contribution in [0.5, 0.6) is 0 Å². The van der Waals surface area contributed by atoms with Crippen LogP contribution >= 0.6 is 11.6 Å². The molecule has 104 valence electrons. The van der Waals surface area contributed by atoms with Gasteiger partial charge in [0.2, 0.25) is 0 Å². The summed E-state index contributed by atoms with van der Waals surface area (Å²) in [6.45, 7) is 12.8. The highest BCUT2D eigenvalue weighted by molar-refractivity contribution is 6.22. The van der Waals surface area contributed by atoms with Gasteiger partial charge >= 0.3 is 0 Å². The van der Waals surface area contributed by atoms with Crippen LogP contribution in [-0.2, 0) is 0 Å². The van der Waals surface area contributed by atoms with Crippen molar-refractivity contribution in [1.82, 2.24) is 20.4 Å². The summed E-state index contributed by atoms with van der Waals surface area (Å²) in [6, 6.07) is 0.410. The highest BCUT2D eigenvalue weighted by Gasteiger charge is 2.30. The van der Waals surface area contributed by atoms with E-state index in [0.29, 0.717) is 6.04 Å². The van der Waals surface area contributed by atoms with Crippen LogP contribution in [0.4, 0.5) is 0 Å². The van der Waals surface area contributed by atoms with Gasteiger partial charge in [-0.15, -0.1) is 11.6 Å². The third kappa shape index (κ3) is 3.06. The molecule has 2 heterocycles. The Kier molecular flexibility index (Phi) is 5.04. The molecule has 2 unspecified atom stereocenters. The minimum atomic E-state index is 0.0144. The number of nitrogens with zero attached hydrogens (tertiary/aromatic N) is 2. The fraction of sp³-hybridized carbons (Fsp3) is 0.846. The molecule has 2 rings (SSSR count). The molecule has 2 fully saturated rings. The lowest BCUT2D eigenvalue weighted by molar-refractivity contribution is 0.251. The first kappa shape index (κ1) is 14.3. The Balaban J connectivity index is 2.09. The summed E-state index contributed by atoms with van der Waals surface area (Å²) in [5.74, 6) is 0. The van der Waals surface area contributed by atoms with E-state index in [2.05, 4.69) is 41.2 Å². The minimum Gasteiger partial charge on any atom is -0.303 e. The average molecular weight is 273 g/mol. The summed E-state index contributed by atoms with van der Waals surface area (Å²) in [5.41, 5.74) is 2.73. The molecule has 2 atom stereocenters. The maximum atomic E-state index is 6.70. The van der Waals surface area contributed by atoms with Gasteiger partial charge in [-0.3, -0.25) is 9.80 Å². The highest BCUT2D eigenvalue weighted by atomic mass is 35.5. The predicted molar refractivity (Wildman–Crippen MR) is 76.6 cm³/mol. The highest BCUT2D eigenvalue weighted by Crippen LogP contribution is 2.26. The lowest BCUT2D eigenvalue weighted by atomic mass is 10.0. The molecule has 0 aliphatic carbocycles. The van der Waals surface area contributed by atoms with Crippen molar-refractivity contribution in [1.29, 1.82) is 0 Å². The summed E-state index contributed by atoms with van der Waals surface area (Å²) in [6.07, 6.45) is 0. The molecule has 2 saturated heterocycles. The predicted octanol–water partition coefficient (Wildman–Crippen LogP) is 1.00. The number of allylic oxidation sites excluding steroid dienone is 1. The zero-order chi connectivity index (χ0) is 13.1. The van der Waals surface area contributed by atoms with Crippen LogP contribution in [0.1, 0.15) is 20.8 Å². The monoisotopic (exact) mass is 272 g/mol. The van der Waals surface area contributed by atoms with Crippen molar-refractivity contribution < 1.29 is 0 Å². The third-order valence-corrected chi connectivity index (χ3v) is 4.44. The van der Waals surface area contributed by atoms with Crippen LogP contribution in [0, 0.1) is 0 Å². The normalized spacial score (nSPS) is 25.3. The van der Waals surface area contributed by atoms with Gasteiger partial charge in [0, 0.05) is 45.6 Å². The van der Waals surface area contributed by atoms with Crippen LogP contribution in [0.15, 0.2) is 11.1 Å². The van der Waals surface area contributed by atoms with Gasteiger partial charge in [0.1, 0.15) is 5.50 Å². The Morgan fingerprint density at radius 2 is 1.61 bits per heavy atom. The molecule has 0 radical (unpaired) electrons. The van der Waals surface area contributed by atoms with Crippen molar-refractivity contribution in [2.45, 2.75) is 32.3 Å². The second kappa shape index (κ2) is 6.35. The summed E-state index contributed by atoms with van der Waals surface area (Å²) in [7, 11) is 0. The largest absolute Gasteiger partial charge is 0.303 e. The summed E-state index contributed by atoms with van der Waals surface area (Å²) >= 11 is 6.70. The van der Waals surface area contributed by atoms with E-state index in [4.69, 9.17) is 11.6 Å². The van der Waals surface area contributed by atoms with Gasteiger partial charge in [0.15, 0.2) is 0 Å². The smallest absolute Gasteiger partial charge is 0.109 e. The fourth-order valence-electron chi connectivity index (χ4n) is 2.82. The molecule has 2 aliphatic heterocycles. The molecule has 5 heteroatoms. The second-order valence-electron chi connectivity index (χ2n) is 5.41. The number of hydrogen-bond donors (Lipinski definition) is 2. The Hall–Kier alpha value is -0.130. The van der Waals surface area contributed by atoms with Crippen LogP contribution in [0.25, 0.3) is 0 Å². The van der Waals surface area contributed by atoms with Gasteiger partial charge < -0.3 is 10.6 Å². The number of hydrogen-bond acceptors (Lipinski definition) is 4. The molecule has 0 saturated carbocycles. The molecular formula is C13H25ClN4. The van der Waals surface area contributed by atoms with E-state index in [0.717, 1.165) is 39.5 Å². The SMILES string of the molecule is CC(C)=C(C(C)N1CCNC1)C(Cl)N1CCNC1. The summed E-state index contributed by atoms with van der Waals surface area (Å²) in [5, 5.41) is 6.74. The standard InChI is InChI=1S/C13H25ClN4/c1-10(2)12(11(3)17-6-4-15-8-17)13(14)18-7-5-16-9-18/h11,13,15-16H,4-9H2,1-3H3. The van der Waals surface area contributed by atoms with E-state index in [-0.39, 0.29) is 5.50 Å². The van der Waals surface area contributed by atoms with Crippen LogP contribution in [-0.4, -0.2) is 60.9 Å². The lowest BCUT2D eigenvalue weighted by Crippen LogP contribution is -2.41. The van der Waals surface area contributed by atoms with Gasteiger partial charge in [0.25, 0.3) is 0 Å². The zero-order valence-electron chi connectivity index (χ0n) is 11.7. The van der Waals surface area contributed by atoms with Crippen molar-refractivity contribution in [3.63, 3.8) is 0 Å². The van der Waals surface area contributed by atoms with E-state index in [1.165, 1.54) is 11.1 Å². The molecular weight excluding hydrogens is 248 g/mol. The fourth-order valence-corrected chi connectivity index (χ4v) is 3.39. The van der Waals surface area contributed by atoms with E-state index < -0.39 is 0 Å². The molecule has 2 aliphatic rings. The first-order valence-electron chi connectivity index (χ1n) is 6.82. The van der Waals surface area contributed by atoms with Gasteiger partial charge in [-0.1, -0.05) is 5.57 Å². The molecule has 0 aromatic carbocycles. The van der Waals surface area contributed by atoms with Gasteiger partial charge in [0.05, 0.1) is 0 Å². The zero-order valence-corrected chi connectivity index (χ0v) is 12.4. The molecule has 0 aromatic rings. The number of nitrogens with one attached hydrogen (secondary N) is 2. The Bertz CT molecular complexity index is 278. The maximum absolute atomic E-state index is 6.70. The lowest BCUT2D eigenvalue weighted by Gasteiger charge is -2.33. The van der Waals surface area contributed by atoms with Crippen molar-refractivity contribution in [3.8, 4) is 0 Å². The quantitative estimate of drug-likeness (QED) is 0.454. The van der Waals surface area contributed by atoms with Crippen molar-refractivity contribution in [2.24, 2.45) is 0 Å². The van der Waals surface area contributed by atoms with Crippen molar-refractivity contribution >= 4 is 11.6 Å². The second-order valence-corrected chi connectivity index (χ2v) is 5.82. The van der Waals surface area contributed by atoms with Crippen LogP contribution in [0.3, 0.4) is 0 Å². The Morgan fingerprint density at radius 1 is 1.06 bits per heavy atom. The number of alkyl halides is 1. The molecule has 0 amide bonds. The van der Waals surface area contributed by atoms with Gasteiger partial charge in [-0.25, -0.2) is 0 Å². The minimum absolute atomic E-state index is 0.0144. The van der Waals surface area contributed by atoms with E-state index in [1.54, 1.807) is 0 Å². The molecule has 0 spiro atoms. The van der Waals surface area contributed by atoms with Crippen molar-refractivity contribution in [2.75, 3.05) is 39.5 Å². The molecule has 0 bridgehead atoms. The van der Waals surface area contributed by atoms with Gasteiger partial charge in [-0.2, -0.15) is 0 Å². The summed E-state index contributed by atoms with van der Waals surface area (Å²) in [4.78, 5) is 4.77. The van der Waals surface area contributed by atoms with Crippen LogP contribution in [0.2, 0.25) is 0 Å². The Morgan fingerprint density at radius 3 is 2.06 bits per heavy atom. The average Bonchev–Trinajstić information content (AvgIpc) is 3.02. The first-order chi connectivity index (χ1) is 8.61. The van der Waals surface area contributed by atoms with Crippen molar-refractivity contribution in [3.05, 3.63) is 11.1 Å². The van der Waals surface area contributed by atoms with E-state index in [9.17, 15) is 0 Å². The molecule has 0 aromatic heterocycles. The number of halogens is 1. The topological polar surface area (TPSA) is 30.5 Å². The third-order valence-electron chi connectivity index (χ3n) is 3.93. The molecule has 18 heavy (non-hydrogen) atoms. The first-order valence-corrected chi connectivity index (χ1v) is 7.25. The maximum Gasteiger partial charge on any atom is 0.109 e. The molecule has 4 nitrogen and oxygen atoms in total. The Labute approximate surface area is 115 Å². The van der Waals surface area contributed by atoms with Crippen LogP contribution < -0.4 is 10.6 Å². The van der Waals surface area contributed by atoms with E-state index >= 15 is 0 Å². The molecule has 2 N–H and O–H groups in total. The number of rotatable bonds is 4.